The third kappa shape index (κ3) is 7.32. The van der Waals surface area contributed by atoms with Gasteiger partial charge in [-0.3, -0.25) is 0 Å². The van der Waals surface area contributed by atoms with Crippen LogP contribution in [0.15, 0.2) is 72.8 Å². The van der Waals surface area contributed by atoms with Crippen LogP contribution in [0.1, 0.15) is 33.6 Å². The van der Waals surface area contributed by atoms with Gasteiger partial charge in [-0.1, -0.05) is 113 Å². The molecule has 0 amide bonds. The summed E-state index contributed by atoms with van der Waals surface area (Å²) in [6.45, 7) is 14.4. The van der Waals surface area contributed by atoms with Crippen molar-refractivity contribution < 1.29 is 9.16 Å². The molecule has 0 radical (unpaired) electrons. The van der Waals surface area contributed by atoms with Crippen LogP contribution >= 0.6 is 0 Å². The highest BCUT2D eigenvalue weighted by molar-refractivity contribution is 6.99. The molecule has 2 aromatic carbocycles. The van der Waals surface area contributed by atoms with Crippen LogP contribution in [0.4, 0.5) is 0 Å². The Bertz CT molecular complexity index is 858. The van der Waals surface area contributed by atoms with E-state index in [4.69, 9.17) is 9.16 Å². The first-order valence-electron chi connectivity index (χ1n) is 11.6. The topological polar surface area (TPSA) is 18.5 Å². The molecule has 0 saturated carbocycles. The molecule has 32 heavy (non-hydrogen) atoms. The zero-order valence-electron chi connectivity index (χ0n) is 20.9. The smallest absolute Gasteiger partial charge is 0.261 e. The van der Waals surface area contributed by atoms with E-state index in [-0.39, 0.29) is 11.1 Å². The minimum atomic E-state index is -2.49. The Kier molecular flexibility index (Phi) is 9.72. The van der Waals surface area contributed by atoms with Crippen molar-refractivity contribution in [2.45, 2.75) is 64.4 Å². The lowest BCUT2D eigenvalue weighted by atomic mass is 10.2. The van der Waals surface area contributed by atoms with Crippen molar-refractivity contribution in [2.24, 2.45) is 0 Å². The van der Waals surface area contributed by atoms with Gasteiger partial charge in [0.05, 0.1) is 6.10 Å². The normalized spacial score (nSPS) is 13.6. The monoisotopic (exact) mass is 464 g/mol. The fourth-order valence-corrected chi connectivity index (χ4v) is 9.07. The van der Waals surface area contributed by atoms with Crippen LogP contribution < -0.4 is 10.4 Å². The molecule has 2 rings (SSSR count). The molecule has 0 aliphatic heterocycles. The first kappa shape index (κ1) is 26.3. The minimum absolute atomic E-state index is 0.00931. The summed E-state index contributed by atoms with van der Waals surface area (Å²) < 4.78 is 12.7. The molecule has 2 aromatic rings. The van der Waals surface area contributed by atoms with Crippen molar-refractivity contribution in [3.8, 4) is 11.5 Å². The lowest BCUT2D eigenvalue weighted by Crippen LogP contribution is -2.66. The zero-order chi connectivity index (χ0) is 23.7. The first-order valence-corrected chi connectivity index (χ1v) is 17.0. The van der Waals surface area contributed by atoms with Gasteiger partial charge >= 0.3 is 0 Å². The van der Waals surface area contributed by atoms with E-state index in [0.717, 1.165) is 12.8 Å². The predicted octanol–water partition coefficient (Wildman–Crippen LogP) is 5.80. The van der Waals surface area contributed by atoms with Gasteiger partial charge in [0.15, 0.2) is 0 Å². The third-order valence-corrected chi connectivity index (χ3v) is 11.5. The molecule has 0 unspecified atom stereocenters. The van der Waals surface area contributed by atoms with Gasteiger partial charge in [-0.2, -0.15) is 0 Å². The Balaban J connectivity index is 2.20. The number of allylic oxidation sites excluding steroid dienone is 1. The fourth-order valence-electron chi connectivity index (χ4n) is 3.97. The summed E-state index contributed by atoms with van der Waals surface area (Å²) in [4.78, 5) is 0. The Morgan fingerprint density at radius 3 is 1.88 bits per heavy atom. The highest BCUT2D eigenvalue weighted by Crippen LogP contribution is 2.36. The number of ether oxygens (including phenoxy) is 1. The van der Waals surface area contributed by atoms with Gasteiger partial charge in [0, 0.05) is 13.7 Å². The van der Waals surface area contributed by atoms with Crippen LogP contribution in [-0.2, 0) is 9.16 Å². The maximum absolute atomic E-state index is 6.98. The zero-order valence-corrected chi connectivity index (χ0v) is 22.9. The highest BCUT2D eigenvalue weighted by Gasteiger charge is 2.50. The molecular weight excluding hydrogens is 424 g/mol. The summed E-state index contributed by atoms with van der Waals surface area (Å²) in [6.07, 6.45) is 5.93. The predicted molar refractivity (Wildman–Crippen MR) is 144 cm³/mol. The molecule has 0 aliphatic rings. The molecule has 0 saturated heterocycles. The number of rotatable bonds is 9. The Hall–Kier alpha value is -1.91. The van der Waals surface area contributed by atoms with Crippen LogP contribution in [0.5, 0.6) is 0 Å². The van der Waals surface area contributed by atoms with Gasteiger partial charge in [0.25, 0.3) is 8.32 Å². The van der Waals surface area contributed by atoms with Crippen LogP contribution in [-0.4, -0.2) is 36.2 Å². The van der Waals surface area contributed by atoms with Crippen molar-refractivity contribution in [1.82, 2.24) is 0 Å². The summed E-state index contributed by atoms with van der Waals surface area (Å²) >= 11 is 0. The van der Waals surface area contributed by atoms with Crippen molar-refractivity contribution in [2.75, 3.05) is 13.7 Å². The Labute approximate surface area is 198 Å². The summed E-state index contributed by atoms with van der Waals surface area (Å²) in [6, 6.07) is 21.6. The first-order chi connectivity index (χ1) is 15.1. The molecule has 0 aliphatic carbocycles. The van der Waals surface area contributed by atoms with Gasteiger partial charge in [0.1, 0.15) is 8.07 Å². The van der Waals surface area contributed by atoms with Crippen molar-refractivity contribution in [1.29, 1.82) is 0 Å². The van der Waals surface area contributed by atoms with E-state index in [2.05, 4.69) is 119 Å². The van der Waals surface area contributed by atoms with Gasteiger partial charge in [-0.25, -0.2) is 0 Å². The van der Waals surface area contributed by atoms with Crippen molar-refractivity contribution in [3.05, 3.63) is 72.8 Å². The molecule has 1 atom stereocenters. The molecule has 0 heterocycles. The largest absolute Gasteiger partial charge is 0.407 e. The van der Waals surface area contributed by atoms with Crippen molar-refractivity contribution >= 4 is 26.8 Å². The molecule has 0 aromatic heterocycles. The molecule has 0 spiro atoms. The second kappa shape index (κ2) is 11.8. The van der Waals surface area contributed by atoms with E-state index in [1.54, 1.807) is 7.11 Å². The second-order valence-corrected chi connectivity index (χ2v) is 19.4. The van der Waals surface area contributed by atoms with Gasteiger partial charge < -0.3 is 9.16 Å². The van der Waals surface area contributed by atoms with Crippen molar-refractivity contribution in [3.63, 3.8) is 0 Å². The second-order valence-electron chi connectivity index (χ2n) is 10.3. The Morgan fingerprint density at radius 2 is 1.44 bits per heavy atom. The lowest BCUT2D eigenvalue weighted by Gasteiger charge is -2.43. The lowest BCUT2D eigenvalue weighted by molar-refractivity contribution is 0.0821. The van der Waals surface area contributed by atoms with Crippen LogP contribution in [0.2, 0.25) is 24.7 Å². The molecule has 2 nitrogen and oxygen atoms in total. The average Bonchev–Trinajstić information content (AvgIpc) is 2.74. The van der Waals surface area contributed by atoms with Gasteiger partial charge in [-0.15, -0.1) is 5.54 Å². The Morgan fingerprint density at radius 1 is 0.906 bits per heavy atom. The summed E-state index contributed by atoms with van der Waals surface area (Å²) in [7, 11) is -2.02. The van der Waals surface area contributed by atoms with Crippen LogP contribution in [0, 0.1) is 11.5 Å². The van der Waals surface area contributed by atoms with E-state index in [1.807, 2.05) is 6.08 Å². The van der Waals surface area contributed by atoms with Crippen LogP contribution in [0.25, 0.3) is 0 Å². The number of hydrogen-bond acceptors (Lipinski definition) is 2. The standard InChI is InChI=1S/C28H40O2Si2/c1-28(2,3)32(26-18-12-8-13-19-26,27-20-14-9-15-21-27)30-23-22-25(29-4)17-11-10-16-24-31(5,6)7/h8-15,18-21,25H,17,22-23H2,1-7H3/b11-10+/t25-/m1/s1. The highest BCUT2D eigenvalue weighted by atomic mass is 28.4. The van der Waals surface area contributed by atoms with E-state index >= 15 is 0 Å². The van der Waals surface area contributed by atoms with E-state index in [9.17, 15) is 0 Å². The minimum Gasteiger partial charge on any atom is -0.407 e. The van der Waals surface area contributed by atoms with Gasteiger partial charge in [-0.05, 0) is 34.3 Å². The number of hydrogen-bond donors (Lipinski definition) is 0. The fraction of sp³-hybridized carbons (Fsp3) is 0.429. The molecule has 4 heteroatoms. The molecule has 0 fully saturated rings. The van der Waals surface area contributed by atoms with E-state index < -0.39 is 16.4 Å². The summed E-state index contributed by atoms with van der Waals surface area (Å²) in [5.74, 6) is 3.20. The average molecular weight is 465 g/mol. The molecular formula is C28H40O2Si2. The summed E-state index contributed by atoms with van der Waals surface area (Å²) in [5, 5.41) is 2.62. The SMILES string of the molecule is CO[C@H](C/C=C/C#C[Si](C)(C)C)CCO[Si](c1ccccc1)(c1ccccc1)C(C)(C)C. The van der Waals surface area contributed by atoms with E-state index in [0.29, 0.717) is 6.61 Å². The molecule has 0 bridgehead atoms. The van der Waals surface area contributed by atoms with E-state index in [1.165, 1.54) is 10.4 Å². The quantitative estimate of drug-likeness (QED) is 0.345. The number of benzene rings is 2. The number of methoxy groups -OCH3 is 1. The maximum Gasteiger partial charge on any atom is 0.261 e. The van der Waals surface area contributed by atoms with Gasteiger partial charge in [0.2, 0.25) is 0 Å². The third-order valence-electron chi connectivity index (χ3n) is 5.56. The maximum atomic E-state index is 6.98. The molecule has 0 N–H and O–H groups in total. The molecule has 172 valence electrons. The van der Waals surface area contributed by atoms with Crippen LogP contribution in [0.3, 0.4) is 0 Å². The summed E-state index contributed by atoms with van der Waals surface area (Å²) in [5.41, 5.74) is 3.37.